The van der Waals surface area contributed by atoms with E-state index in [0.717, 1.165) is 30.6 Å². The van der Waals surface area contributed by atoms with Gasteiger partial charge in [0.25, 0.3) is 0 Å². The van der Waals surface area contributed by atoms with Crippen molar-refractivity contribution >= 4 is 17.7 Å². The van der Waals surface area contributed by atoms with Gasteiger partial charge in [-0.3, -0.25) is 9.69 Å². The van der Waals surface area contributed by atoms with Crippen LogP contribution in [-0.4, -0.2) is 31.5 Å². The third-order valence-electron chi connectivity index (χ3n) is 6.42. The SMILES string of the molecule is Cc1ccc(-n2cnc(C3(Nc4nccc(N5C(=O)CC[C@@H]5C(C)C)n4)CC3)c2)cc1. The van der Waals surface area contributed by atoms with E-state index in [9.17, 15) is 4.79 Å². The molecule has 7 nitrogen and oxygen atoms in total. The third-order valence-corrected chi connectivity index (χ3v) is 6.42. The van der Waals surface area contributed by atoms with E-state index in [1.54, 1.807) is 6.20 Å². The minimum Gasteiger partial charge on any atom is -0.343 e. The fourth-order valence-electron chi connectivity index (χ4n) is 4.39. The van der Waals surface area contributed by atoms with Crippen LogP contribution >= 0.6 is 0 Å². The quantitative estimate of drug-likeness (QED) is 0.651. The molecule has 3 heterocycles. The maximum atomic E-state index is 12.5. The van der Waals surface area contributed by atoms with Crippen molar-refractivity contribution in [2.45, 2.75) is 58.0 Å². The monoisotopic (exact) mass is 416 g/mol. The van der Waals surface area contributed by atoms with E-state index >= 15 is 0 Å². The van der Waals surface area contributed by atoms with Crippen molar-refractivity contribution in [1.82, 2.24) is 19.5 Å². The van der Waals surface area contributed by atoms with Crippen molar-refractivity contribution in [3.05, 3.63) is 60.3 Å². The minimum absolute atomic E-state index is 0.140. The van der Waals surface area contributed by atoms with Gasteiger partial charge >= 0.3 is 0 Å². The first-order chi connectivity index (χ1) is 14.9. The predicted molar refractivity (Wildman–Crippen MR) is 120 cm³/mol. The van der Waals surface area contributed by atoms with Crippen LogP contribution in [0.15, 0.2) is 49.1 Å². The van der Waals surface area contributed by atoms with Gasteiger partial charge in [0.2, 0.25) is 11.9 Å². The highest BCUT2D eigenvalue weighted by molar-refractivity contribution is 5.95. The van der Waals surface area contributed by atoms with E-state index < -0.39 is 0 Å². The van der Waals surface area contributed by atoms with Crippen LogP contribution < -0.4 is 10.2 Å². The van der Waals surface area contributed by atoms with Crippen molar-refractivity contribution < 1.29 is 4.79 Å². The van der Waals surface area contributed by atoms with Crippen molar-refractivity contribution in [3.63, 3.8) is 0 Å². The Morgan fingerprint density at radius 3 is 2.61 bits per heavy atom. The van der Waals surface area contributed by atoms with Crippen LogP contribution in [0.2, 0.25) is 0 Å². The van der Waals surface area contributed by atoms with Crippen LogP contribution in [0.5, 0.6) is 0 Å². The Morgan fingerprint density at radius 1 is 1.13 bits per heavy atom. The van der Waals surface area contributed by atoms with Crippen LogP contribution in [0.25, 0.3) is 5.69 Å². The Morgan fingerprint density at radius 2 is 1.90 bits per heavy atom. The first-order valence-electron chi connectivity index (χ1n) is 11.0. The van der Waals surface area contributed by atoms with Crippen molar-refractivity contribution in [2.24, 2.45) is 5.92 Å². The summed E-state index contributed by atoms with van der Waals surface area (Å²) in [5.74, 6) is 1.75. The van der Waals surface area contributed by atoms with E-state index in [2.05, 4.69) is 66.5 Å². The number of amides is 1. The molecule has 160 valence electrons. The smallest absolute Gasteiger partial charge is 0.228 e. The number of hydrogen-bond donors (Lipinski definition) is 1. The van der Waals surface area contributed by atoms with Gasteiger partial charge in [-0.25, -0.2) is 9.97 Å². The summed E-state index contributed by atoms with van der Waals surface area (Å²) in [6, 6.07) is 10.4. The number of nitrogens with zero attached hydrogens (tertiary/aromatic N) is 5. The van der Waals surface area contributed by atoms with E-state index in [0.29, 0.717) is 24.1 Å². The fraction of sp³-hybridized carbons (Fsp3) is 0.417. The average molecular weight is 417 g/mol. The zero-order valence-electron chi connectivity index (χ0n) is 18.2. The van der Waals surface area contributed by atoms with Crippen LogP contribution in [0, 0.1) is 12.8 Å². The molecule has 0 radical (unpaired) electrons. The number of carbonyl (C=O) groups is 1. The summed E-state index contributed by atoms with van der Waals surface area (Å²) in [6.07, 6.45) is 9.07. The summed E-state index contributed by atoms with van der Waals surface area (Å²) < 4.78 is 2.05. The topological polar surface area (TPSA) is 75.9 Å². The Balaban J connectivity index is 1.38. The highest BCUT2D eigenvalue weighted by Crippen LogP contribution is 2.47. The van der Waals surface area contributed by atoms with E-state index in [-0.39, 0.29) is 17.5 Å². The molecular weight excluding hydrogens is 388 g/mol. The van der Waals surface area contributed by atoms with Crippen LogP contribution in [0.1, 0.15) is 50.8 Å². The average Bonchev–Trinajstić information content (AvgIpc) is 3.18. The molecule has 1 aromatic carbocycles. The molecule has 3 aromatic rings. The van der Waals surface area contributed by atoms with Crippen molar-refractivity contribution in [1.29, 1.82) is 0 Å². The maximum absolute atomic E-state index is 12.5. The molecule has 5 rings (SSSR count). The van der Waals surface area contributed by atoms with Crippen LogP contribution in [0.4, 0.5) is 11.8 Å². The molecule has 31 heavy (non-hydrogen) atoms. The van der Waals surface area contributed by atoms with Gasteiger partial charge in [0.1, 0.15) is 5.82 Å². The predicted octanol–water partition coefficient (Wildman–Crippen LogP) is 4.22. The highest BCUT2D eigenvalue weighted by Gasteiger charge is 2.47. The van der Waals surface area contributed by atoms with Gasteiger partial charge in [-0.05, 0) is 50.3 Å². The Hall–Kier alpha value is -3.22. The van der Waals surface area contributed by atoms with Gasteiger partial charge in [0.15, 0.2) is 0 Å². The third kappa shape index (κ3) is 3.69. The van der Waals surface area contributed by atoms with Crippen LogP contribution in [-0.2, 0) is 10.3 Å². The second-order valence-electron chi connectivity index (χ2n) is 9.06. The summed E-state index contributed by atoms with van der Waals surface area (Å²) >= 11 is 0. The molecule has 1 atom stereocenters. The maximum Gasteiger partial charge on any atom is 0.228 e. The summed E-state index contributed by atoms with van der Waals surface area (Å²) in [5, 5.41) is 3.51. The Kier molecular flexibility index (Phi) is 4.76. The lowest BCUT2D eigenvalue weighted by molar-refractivity contribution is -0.117. The summed E-state index contributed by atoms with van der Waals surface area (Å²) in [5.41, 5.74) is 3.06. The van der Waals surface area contributed by atoms with Gasteiger partial charge in [-0.2, -0.15) is 4.98 Å². The van der Waals surface area contributed by atoms with Crippen molar-refractivity contribution in [3.8, 4) is 5.69 Å². The number of rotatable bonds is 6. The lowest BCUT2D eigenvalue weighted by atomic mass is 10.0. The Labute approximate surface area is 182 Å². The zero-order valence-corrected chi connectivity index (χ0v) is 18.2. The van der Waals surface area contributed by atoms with E-state index in [1.807, 2.05) is 21.9 Å². The standard InChI is InChI=1S/C24H28N6O/c1-16(2)19-8-9-22(31)30(19)21-10-13-25-23(27-21)28-24(11-12-24)20-14-29(15-26-20)18-6-4-17(3)5-7-18/h4-7,10,13-16,19H,8-9,11-12H2,1-3H3,(H,25,27,28)/t19-/m1/s1. The Bertz CT molecular complexity index is 1100. The van der Waals surface area contributed by atoms with E-state index in [1.165, 1.54) is 5.56 Å². The second-order valence-corrected chi connectivity index (χ2v) is 9.06. The normalized spacial score (nSPS) is 19.8. The molecule has 1 saturated heterocycles. The van der Waals surface area contributed by atoms with Crippen LogP contribution in [0.3, 0.4) is 0 Å². The van der Waals surface area contributed by atoms with Gasteiger partial charge in [-0.15, -0.1) is 0 Å². The molecule has 1 saturated carbocycles. The molecular formula is C24H28N6O. The number of anilines is 2. The fourth-order valence-corrected chi connectivity index (χ4v) is 4.39. The first kappa shape index (κ1) is 19.7. The lowest BCUT2D eigenvalue weighted by Crippen LogP contribution is -2.37. The summed E-state index contributed by atoms with van der Waals surface area (Å²) in [6.45, 7) is 6.39. The summed E-state index contributed by atoms with van der Waals surface area (Å²) in [7, 11) is 0. The molecule has 0 bridgehead atoms. The number of aryl methyl sites for hydroxylation is 1. The van der Waals surface area contributed by atoms with Gasteiger partial charge in [0.05, 0.1) is 17.6 Å². The second kappa shape index (κ2) is 7.48. The largest absolute Gasteiger partial charge is 0.343 e. The molecule has 2 fully saturated rings. The van der Waals surface area contributed by atoms with E-state index in [4.69, 9.17) is 4.98 Å². The highest BCUT2D eigenvalue weighted by atomic mass is 16.2. The lowest BCUT2D eigenvalue weighted by Gasteiger charge is -2.27. The number of hydrogen-bond acceptors (Lipinski definition) is 5. The van der Waals surface area contributed by atoms with Gasteiger partial charge in [-0.1, -0.05) is 31.5 Å². The van der Waals surface area contributed by atoms with Crippen molar-refractivity contribution in [2.75, 3.05) is 10.2 Å². The number of carbonyl (C=O) groups excluding carboxylic acids is 1. The molecule has 0 spiro atoms. The number of imidazole rings is 1. The molecule has 2 aliphatic rings. The molecule has 1 aliphatic heterocycles. The molecule has 1 N–H and O–H groups in total. The molecule has 0 unspecified atom stereocenters. The molecule has 7 heteroatoms. The molecule has 2 aromatic heterocycles. The number of nitrogens with one attached hydrogen (secondary N) is 1. The zero-order chi connectivity index (χ0) is 21.6. The van der Waals surface area contributed by atoms with Gasteiger partial charge < -0.3 is 9.88 Å². The number of aromatic nitrogens is 4. The molecule has 1 aliphatic carbocycles. The molecule has 1 amide bonds. The first-order valence-corrected chi connectivity index (χ1v) is 11.0. The minimum atomic E-state index is -0.249. The number of benzene rings is 1. The summed E-state index contributed by atoms with van der Waals surface area (Å²) in [4.78, 5) is 28.2. The van der Waals surface area contributed by atoms with Gasteiger partial charge in [0, 0.05) is 30.5 Å².